The zero-order chi connectivity index (χ0) is 16.4. The van der Waals surface area contributed by atoms with Crippen LogP contribution >= 0.6 is 15.9 Å². The quantitative estimate of drug-likeness (QED) is 0.705. The van der Waals surface area contributed by atoms with Gasteiger partial charge in [-0.25, -0.2) is 0 Å². The van der Waals surface area contributed by atoms with Crippen LogP contribution in [-0.4, -0.2) is 18.3 Å². The van der Waals surface area contributed by atoms with E-state index in [2.05, 4.69) is 21.2 Å². The smallest absolute Gasteiger partial charge is 0.295 e. The van der Waals surface area contributed by atoms with E-state index in [0.29, 0.717) is 15.7 Å². The number of Topliss-reactive ketones (excluding diaryl/α,β-unsaturated/α-hetero) is 1. The van der Waals surface area contributed by atoms with Gasteiger partial charge in [0.05, 0.1) is 0 Å². The molecule has 0 bridgehead atoms. The van der Waals surface area contributed by atoms with Crippen molar-refractivity contribution in [1.29, 1.82) is 5.26 Å². The molecule has 3 heterocycles. The van der Waals surface area contributed by atoms with Gasteiger partial charge >= 0.3 is 0 Å². The largest absolute Gasteiger partial charge is 0.456 e. The SMILES string of the molecule is N#CC1=C(N)OC2=C(C(=O)CO2)C12C(=O)Nc1ccc(Br)cc12. The van der Waals surface area contributed by atoms with Crippen LogP contribution in [0.15, 0.2) is 45.6 Å². The van der Waals surface area contributed by atoms with Gasteiger partial charge in [0, 0.05) is 15.7 Å². The lowest BCUT2D eigenvalue weighted by Gasteiger charge is -2.31. The Labute approximate surface area is 138 Å². The molecule has 3 N–H and O–H groups in total. The highest BCUT2D eigenvalue weighted by Gasteiger charge is 2.61. The Morgan fingerprint density at radius 1 is 1.39 bits per heavy atom. The average Bonchev–Trinajstić information content (AvgIpc) is 3.00. The third kappa shape index (κ3) is 1.52. The van der Waals surface area contributed by atoms with E-state index in [9.17, 15) is 14.9 Å². The first kappa shape index (κ1) is 13.8. The monoisotopic (exact) mass is 373 g/mol. The fraction of sp³-hybridized carbons (Fsp3) is 0.133. The molecule has 1 amide bonds. The number of ketones is 1. The molecule has 0 saturated carbocycles. The fourth-order valence-corrected chi connectivity index (χ4v) is 3.56. The second-order valence-corrected chi connectivity index (χ2v) is 6.14. The number of benzene rings is 1. The number of hydrogen-bond acceptors (Lipinski definition) is 6. The van der Waals surface area contributed by atoms with Crippen molar-refractivity contribution in [2.45, 2.75) is 5.41 Å². The number of halogens is 1. The summed E-state index contributed by atoms with van der Waals surface area (Å²) in [4.78, 5) is 25.2. The lowest BCUT2D eigenvalue weighted by atomic mass is 9.68. The van der Waals surface area contributed by atoms with Gasteiger partial charge in [-0.15, -0.1) is 0 Å². The van der Waals surface area contributed by atoms with Crippen LogP contribution in [0.4, 0.5) is 5.69 Å². The summed E-state index contributed by atoms with van der Waals surface area (Å²) in [5.74, 6) is -1.30. The number of hydrogen-bond donors (Lipinski definition) is 2. The molecule has 1 atom stereocenters. The summed E-state index contributed by atoms with van der Waals surface area (Å²) in [6, 6.07) is 7.04. The van der Waals surface area contributed by atoms with E-state index in [4.69, 9.17) is 15.2 Å². The Hall–Kier alpha value is -2.79. The molecule has 1 aromatic carbocycles. The highest BCUT2D eigenvalue weighted by molar-refractivity contribution is 9.10. The van der Waals surface area contributed by atoms with Gasteiger partial charge in [-0.3, -0.25) is 9.59 Å². The number of ether oxygens (including phenoxy) is 2. The highest BCUT2D eigenvalue weighted by Crippen LogP contribution is 2.53. The maximum atomic E-state index is 12.9. The maximum absolute atomic E-state index is 12.9. The van der Waals surface area contributed by atoms with Crippen LogP contribution in [0.2, 0.25) is 0 Å². The molecule has 114 valence electrons. The molecule has 23 heavy (non-hydrogen) atoms. The minimum absolute atomic E-state index is 0.0117. The van der Waals surface area contributed by atoms with E-state index in [-0.39, 0.29) is 29.6 Å². The van der Waals surface area contributed by atoms with Crippen molar-refractivity contribution < 1.29 is 19.1 Å². The second kappa shape index (κ2) is 4.36. The van der Waals surface area contributed by atoms with Gasteiger partial charge in [0.2, 0.25) is 17.6 Å². The van der Waals surface area contributed by atoms with Gasteiger partial charge in [0.25, 0.3) is 5.95 Å². The molecule has 1 aromatic rings. The molecule has 4 rings (SSSR count). The molecule has 1 spiro atoms. The lowest BCUT2D eigenvalue weighted by Crippen LogP contribution is -2.44. The standard InChI is InChI=1S/C15H8BrN3O4/c16-6-1-2-9-7(3-6)15(14(21)19-9)8(4-17)12(18)23-13-11(15)10(20)5-22-13/h1-3H,5,18H2,(H,19,21). The number of nitrogens with two attached hydrogens (primary N) is 1. The molecule has 0 saturated heterocycles. The predicted octanol–water partition coefficient (Wildman–Crippen LogP) is 1.17. The summed E-state index contributed by atoms with van der Waals surface area (Å²) >= 11 is 3.35. The van der Waals surface area contributed by atoms with Crippen LogP contribution in [0.25, 0.3) is 0 Å². The Morgan fingerprint density at radius 2 is 2.17 bits per heavy atom. The predicted molar refractivity (Wildman–Crippen MR) is 80.3 cm³/mol. The van der Waals surface area contributed by atoms with Crippen molar-refractivity contribution in [3.05, 3.63) is 51.2 Å². The van der Waals surface area contributed by atoms with Gasteiger partial charge < -0.3 is 20.5 Å². The Kier molecular flexibility index (Phi) is 2.63. The van der Waals surface area contributed by atoms with Crippen molar-refractivity contribution >= 4 is 33.3 Å². The minimum Gasteiger partial charge on any atom is -0.456 e. The van der Waals surface area contributed by atoms with Crippen molar-refractivity contribution in [2.24, 2.45) is 5.73 Å². The zero-order valence-corrected chi connectivity index (χ0v) is 13.1. The van der Waals surface area contributed by atoms with Gasteiger partial charge in [-0.05, 0) is 18.2 Å². The maximum Gasteiger partial charge on any atom is 0.295 e. The Balaban J connectivity index is 2.14. The Bertz CT molecular complexity index is 912. The van der Waals surface area contributed by atoms with Crippen molar-refractivity contribution in [3.63, 3.8) is 0 Å². The fourth-order valence-electron chi connectivity index (χ4n) is 3.20. The zero-order valence-electron chi connectivity index (χ0n) is 11.5. The summed E-state index contributed by atoms with van der Waals surface area (Å²) in [6.45, 7) is -0.255. The van der Waals surface area contributed by atoms with Gasteiger partial charge in [0.15, 0.2) is 12.0 Å². The summed E-state index contributed by atoms with van der Waals surface area (Å²) in [5.41, 5.74) is 5.04. The summed E-state index contributed by atoms with van der Waals surface area (Å²) in [6.07, 6.45) is 0. The number of rotatable bonds is 0. The first-order valence-corrected chi connectivity index (χ1v) is 7.40. The average molecular weight is 374 g/mol. The number of nitriles is 1. The topological polar surface area (TPSA) is 114 Å². The molecular formula is C15H8BrN3O4. The van der Waals surface area contributed by atoms with Gasteiger partial charge in [0.1, 0.15) is 17.2 Å². The van der Waals surface area contributed by atoms with E-state index in [1.54, 1.807) is 18.2 Å². The number of nitrogens with zero attached hydrogens (tertiary/aromatic N) is 1. The normalized spacial score (nSPS) is 24.9. The van der Waals surface area contributed by atoms with Crippen LogP contribution in [0, 0.1) is 11.3 Å². The first-order valence-electron chi connectivity index (χ1n) is 6.60. The summed E-state index contributed by atoms with van der Waals surface area (Å²) in [7, 11) is 0. The van der Waals surface area contributed by atoms with E-state index >= 15 is 0 Å². The molecule has 0 radical (unpaired) electrons. The molecular weight excluding hydrogens is 366 g/mol. The number of amides is 1. The third-order valence-electron chi connectivity index (χ3n) is 4.10. The Morgan fingerprint density at radius 3 is 2.91 bits per heavy atom. The number of fused-ring (bicyclic) bond motifs is 3. The van der Waals surface area contributed by atoms with Gasteiger partial charge in [-0.2, -0.15) is 5.26 Å². The van der Waals surface area contributed by atoms with Crippen molar-refractivity contribution in [1.82, 2.24) is 0 Å². The van der Waals surface area contributed by atoms with Crippen LogP contribution in [0.1, 0.15) is 5.56 Å². The number of nitrogens with one attached hydrogen (secondary N) is 1. The third-order valence-corrected chi connectivity index (χ3v) is 4.60. The molecule has 3 aliphatic heterocycles. The number of carbonyl (C=O) groups excluding carboxylic acids is 2. The van der Waals surface area contributed by atoms with Crippen LogP contribution in [-0.2, 0) is 24.5 Å². The van der Waals surface area contributed by atoms with E-state index in [1.807, 2.05) is 6.07 Å². The van der Waals surface area contributed by atoms with Crippen LogP contribution in [0.3, 0.4) is 0 Å². The summed E-state index contributed by atoms with van der Waals surface area (Å²) < 4.78 is 11.1. The summed E-state index contributed by atoms with van der Waals surface area (Å²) in [5, 5.41) is 12.3. The minimum atomic E-state index is -1.64. The van der Waals surface area contributed by atoms with Crippen molar-refractivity contribution in [3.8, 4) is 6.07 Å². The molecule has 0 aliphatic carbocycles. The number of anilines is 1. The van der Waals surface area contributed by atoms with Crippen LogP contribution in [0.5, 0.6) is 0 Å². The van der Waals surface area contributed by atoms with Crippen molar-refractivity contribution in [2.75, 3.05) is 11.9 Å². The lowest BCUT2D eigenvalue weighted by molar-refractivity contribution is -0.122. The molecule has 7 nitrogen and oxygen atoms in total. The first-order chi connectivity index (χ1) is 11.0. The molecule has 1 unspecified atom stereocenters. The van der Waals surface area contributed by atoms with E-state index in [0.717, 1.165) is 0 Å². The van der Waals surface area contributed by atoms with E-state index in [1.165, 1.54) is 0 Å². The molecule has 0 fully saturated rings. The van der Waals surface area contributed by atoms with Crippen LogP contribution < -0.4 is 11.1 Å². The van der Waals surface area contributed by atoms with Gasteiger partial charge in [-0.1, -0.05) is 15.9 Å². The highest BCUT2D eigenvalue weighted by atomic mass is 79.9. The molecule has 0 aromatic heterocycles. The van der Waals surface area contributed by atoms with E-state index < -0.39 is 17.1 Å². The number of carbonyl (C=O) groups is 2. The molecule has 8 heteroatoms. The second-order valence-electron chi connectivity index (χ2n) is 5.22. The molecule has 3 aliphatic rings.